The van der Waals surface area contributed by atoms with Gasteiger partial charge in [0.25, 0.3) is 0 Å². The average Bonchev–Trinajstić information content (AvgIpc) is 2.51. The van der Waals surface area contributed by atoms with Crippen LogP contribution in [0.4, 0.5) is 0 Å². The van der Waals surface area contributed by atoms with Gasteiger partial charge in [-0.3, -0.25) is 0 Å². The van der Waals surface area contributed by atoms with Crippen LogP contribution in [0, 0.1) is 0 Å². The second kappa shape index (κ2) is 4.45. The Bertz CT molecular complexity index is 346. The summed E-state index contributed by atoms with van der Waals surface area (Å²) in [6, 6.07) is 4.18. The standard InChI is InChI=1S/C10H13ClN2S/c11-10-2-1-9(14-10)4-7-3-8(12)6-13-5-7/h1-3,8,13H,4-6,12H2. The van der Waals surface area contributed by atoms with Crippen molar-refractivity contribution < 1.29 is 0 Å². The number of rotatable bonds is 2. The first kappa shape index (κ1) is 10.2. The third-order valence-corrected chi connectivity index (χ3v) is 3.44. The molecule has 0 radical (unpaired) electrons. The Morgan fingerprint density at radius 3 is 3.07 bits per heavy atom. The normalized spacial score (nSPS) is 22.1. The van der Waals surface area contributed by atoms with Gasteiger partial charge in [0.1, 0.15) is 0 Å². The molecule has 0 fully saturated rings. The molecule has 1 aromatic heterocycles. The van der Waals surface area contributed by atoms with E-state index in [1.54, 1.807) is 11.3 Å². The second-order valence-electron chi connectivity index (χ2n) is 3.50. The Morgan fingerprint density at radius 2 is 2.43 bits per heavy atom. The molecule has 1 atom stereocenters. The molecule has 2 rings (SSSR count). The summed E-state index contributed by atoms with van der Waals surface area (Å²) in [5, 5.41) is 3.29. The van der Waals surface area contributed by atoms with Crippen LogP contribution in [-0.2, 0) is 6.42 Å². The minimum Gasteiger partial charge on any atom is -0.323 e. The summed E-state index contributed by atoms with van der Waals surface area (Å²) < 4.78 is 0.855. The molecular formula is C10H13ClN2S. The highest BCUT2D eigenvalue weighted by molar-refractivity contribution is 7.16. The van der Waals surface area contributed by atoms with Gasteiger partial charge in [0.05, 0.1) is 4.34 Å². The molecule has 1 unspecified atom stereocenters. The van der Waals surface area contributed by atoms with Gasteiger partial charge in [0.2, 0.25) is 0 Å². The predicted octanol–water partition coefficient (Wildman–Crippen LogP) is 1.80. The third kappa shape index (κ3) is 2.58. The molecule has 76 valence electrons. The lowest BCUT2D eigenvalue weighted by Gasteiger charge is -2.18. The van der Waals surface area contributed by atoms with Gasteiger partial charge in [0, 0.05) is 30.4 Å². The van der Waals surface area contributed by atoms with E-state index in [0.29, 0.717) is 0 Å². The van der Waals surface area contributed by atoms with E-state index in [-0.39, 0.29) is 6.04 Å². The van der Waals surface area contributed by atoms with Crippen molar-refractivity contribution in [2.75, 3.05) is 13.1 Å². The van der Waals surface area contributed by atoms with Gasteiger partial charge in [-0.05, 0) is 12.1 Å². The number of thiophene rings is 1. The summed E-state index contributed by atoms with van der Waals surface area (Å²) in [5.41, 5.74) is 7.19. The van der Waals surface area contributed by atoms with Crippen LogP contribution < -0.4 is 11.1 Å². The topological polar surface area (TPSA) is 38.0 Å². The van der Waals surface area contributed by atoms with Crippen LogP contribution in [0.15, 0.2) is 23.8 Å². The number of halogens is 1. The quantitative estimate of drug-likeness (QED) is 0.758. The van der Waals surface area contributed by atoms with E-state index in [1.165, 1.54) is 10.5 Å². The Hall–Kier alpha value is -0.350. The summed E-state index contributed by atoms with van der Waals surface area (Å²) in [5.74, 6) is 0. The minimum atomic E-state index is 0.161. The van der Waals surface area contributed by atoms with Crippen LogP contribution in [0.3, 0.4) is 0 Å². The zero-order valence-electron chi connectivity index (χ0n) is 7.79. The first-order valence-corrected chi connectivity index (χ1v) is 5.83. The maximum Gasteiger partial charge on any atom is 0.0931 e. The molecular weight excluding hydrogens is 216 g/mol. The van der Waals surface area contributed by atoms with E-state index >= 15 is 0 Å². The lowest BCUT2D eigenvalue weighted by molar-refractivity contribution is 0.628. The van der Waals surface area contributed by atoms with Crippen molar-refractivity contribution in [2.24, 2.45) is 5.73 Å². The fourth-order valence-electron chi connectivity index (χ4n) is 1.61. The van der Waals surface area contributed by atoms with Crippen LogP contribution in [0.2, 0.25) is 4.34 Å². The number of hydrogen-bond donors (Lipinski definition) is 2. The van der Waals surface area contributed by atoms with E-state index in [2.05, 4.69) is 17.5 Å². The summed E-state index contributed by atoms with van der Waals surface area (Å²) in [4.78, 5) is 1.30. The summed E-state index contributed by atoms with van der Waals surface area (Å²) >= 11 is 7.50. The molecule has 0 amide bonds. The van der Waals surface area contributed by atoms with Crippen molar-refractivity contribution in [3.05, 3.63) is 33.0 Å². The Balaban J connectivity index is 2.03. The molecule has 1 aliphatic rings. The Morgan fingerprint density at radius 1 is 1.57 bits per heavy atom. The smallest absolute Gasteiger partial charge is 0.0931 e. The zero-order valence-corrected chi connectivity index (χ0v) is 9.37. The first-order valence-electron chi connectivity index (χ1n) is 4.64. The molecule has 0 aliphatic carbocycles. The maximum absolute atomic E-state index is 5.87. The lowest BCUT2D eigenvalue weighted by atomic mass is 10.1. The number of nitrogens with one attached hydrogen (secondary N) is 1. The monoisotopic (exact) mass is 228 g/mol. The van der Waals surface area contributed by atoms with Crippen LogP contribution in [0.5, 0.6) is 0 Å². The number of hydrogen-bond acceptors (Lipinski definition) is 3. The van der Waals surface area contributed by atoms with Crippen molar-refractivity contribution in [3.63, 3.8) is 0 Å². The van der Waals surface area contributed by atoms with Gasteiger partial charge in [-0.2, -0.15) is 0 Å². The van der Waals surface area contributed by atoms with Gasteiger partial charge >= 0.3 is 0 Å². The molecule has 0 saturated heterocycles. The maximum atomic E-state index is 5.87. The van der Waals surface area contributed by atoms with Crippen LogP contribution >= 0.6 is 22.9 Å². The zero-order chi connectivity index (χ0) is 9.97. The molecule has 2 nitrogen and oxygen atoms in total. The van der Waals surface area contributed by atoms with Gasteiger partial charge in [-0.25, -0.2) is 0 Å². The Labute approximate surface area is 92.8 Å². The van der Waals surface area contributed by atoms with E-state index < -0.39 is 0 Å². The third-order valence-electron chi connectivity index (χ3n) is 2.21. The number of nitrogens with two attached hydrogens (primary N) is 1. The van der Waals surface area contributed by atoms with E-state index in [9.17, 15) is 0 Å². The second-order valence-corrected chi connectivity index (χ2v) is 5.30. The van der Waals surface area contributed by atoms with Crippen LogP contribution in [0.1, 0.15) is 4.88 Å². The van der Waals surface area contributed by atoms with E-state index in [1.807, 2.05) is 6.07 Å². The summed E-state index contributed by atoms with van der Waals surface area (Å²) in [6.45, 7) is 1.83. The molecule has 0 spiro atoms. The van der Waals surface area contributed by atoms with Crippen molar-refractivity contribution in [3.8, 4) is 0 Å². The molecule has 14 heavy (non-hydrogen) atoms. The predicted molar refractivity (Wildman–Crippen MR) is 62.0 cm³/mol. The molecule has 0 aromatic carbocycles. The van der Waals surface area contributed by atoms with Crippen molar-refractivity contribution in [2.45, 2.75) is 12.5 Å². The SMILES string of the molecule is NC1C=C(Cc2ccc(Cl)s2)CNC1. The molecule has 1 aromatic rings. The van der Waals surface area contributed by atoms with Crippen molar-refractivity contribution in [1.82, 2.24) is 5.32 Å². The highest BCUT2D eigenvalue weighted by Crippen LogP contribution is 2.23. The largest absolute Gasteiger partial charge is 0.323 e. The molecule has 0 saturated carbocycles. The van der Waals surface area contributed by atoms with Gasteiger partial charge in [0.15, 0.2) is 0 Å². The average molecular weight is 229 g/mol. The highest BCUT2D eigenvalue weighted by atomic mass is 35.5. The minimum absolute atomic E-state index is 0.161. The van der Waals surface area contributed by atoms with E-state index in [4.69, 9.17) is 17.3 Å². The molecule has 4 heteroatoms. The lowest BCUT2D eigenvalue weighted by Crippen LogP contribution is -2.38. The summed E-state index contributed by atoms with van der Waals surface area (Å²) in [7, 11) is 0. The van der Waals surface area contributed by atoms with Crippen LogP contribution in [0.25, 0.3) is 0 Å². The van der Waals surface area contributed by atoms with E-state index in [0.717, 1.165) is 23.8 Å². The fraction of sp³-hybridized carbons (Fsp3) is 0.400. The van der Waals surface area contributed by atoms with Gasteiger partial charge < -0.3 is 11.1 Å². The van der Waals surface area contributed by atoms with Crippen molar-refractivity contribution in [1.29, 1.82) is 0 Å². The Kier molecular flexibility index (Phi) is 3.23. The first-order chi connectivity index (χ1) is 6.74. The molecule has 2 heterocycles. The van der Waals surface area contributed by atoms with Crippen LogP contribution in [-0.4, -0.2) is 19.1 Å². The fourth-order valence-corrected chi connectivity index (χ4v) is 2.75. The molecule has 3 N–H and O–H groups in total. The van der Waals surface area contributed by atoms with Crippen molar-refractivity contribution >= 4 is 22.9 Å². The summed E-state index contributed by atoms with van der Waals surface area (Å²) in [6.07, 6.45) is 3.13. The highest BCUT2D eigenvalue weighted by Gasteiger charge is 2.10. The molecule has 0 bridgehead atoms. The van der Waals surface area contributed by atoms with Gasteiger partial charge in [-0.15, -0.1) is 11.3 Å². The molecule has 1 aliphatic heterocycles. The van der Waals surface area contributed by atoms with Gasteiger partial charge in [-0.1, -0.05) is 23.3 Å².